The predicted molar refractivity (Wildman–Crippen MR) is 55.1 cm³/mol. The fourth-order valence-electron chi connectivity index (χ4n) is 1.81. The van der Waals surface area contributed by atoms with Gasteiger partial charge in [0.1, 0.15) is 6.61 Å². The van der Waals surface area contributed by atoms with Crippen molar-refractivity contribution in [3.8, 4) is 0 Å². The van der Waals surface area contributed by atoms with E-state index in [1.54, 1.807) is 0 Å². The molecule has 1 rings (SSSR count). The van der Waals surface area contributed by atoms with Crippen LogP contribution in [0.4, 0.5) is 0 Å². The van der Waals surface area contributed by atoms with Gasteiger partial charge in [0.15, 0.2) is 0 Å². The van der Waals surface area contributed by atoms with Gasteiger partial charge in [-0.1, -0.05) is 13.8 Å². The van der Waals surface area contributed by atoms with Crippen LogP contribution >= 0.6 is 0 Å². The van der Waals surface area contributed by atoms with Gasteiger partial charge in [0.25, 0.3) is 0 Å². The minimum atomic E-state index is -0.0209. The zero-order valence-corrected chi connectivity index (χ0v) is 9.22. The predicted octanol–water partition coefficient (Wildman–Crippen LogP) is 0.137. The molecular formula is C10H20N2O2. The van der Waals surface area contributed by atoms with Gasteiger partial charge in [-0.25, -0.2) is 0 Å². The van der Waals surface area contributed by atoms with Gasteiger partial charge < -0.3 is 15.4 Å². The van der Waals surface area contributed by atoms with Crippen molar-refractivity contribution in [3.05, 3.63) is 0 Å². The molecule has 0 spiro atoms. The number of hydrogen-bond donors (Lipinski definition) is 2. The van der Waals surface area contributed by atoms with E-state index in [2.05, 4.69) is 24.5 Å². The number of methoxy groups -OCH3 is 1. The Morgan fingerprint density at radius 2 is 2.36 bits per heavy atom. The van der Waals surface area contributed by atoms with Crippen molar-refractivity contribution in [1.29, 1.82) is 0 Å². The molecule has 0 bridgehead atoms. The van der Waals surface area contributed by atoms with Crippen molar-refractivity contribution >= 4 is 5.91 Å². The summed E-state index contributed by atoms with van der Waals surface area (Å²) in [5, 5.41) is 6.33. The van der Waals surface area contributed by atoms with Gasteiger partial charge in [-0.05, 0) is 18.4 Å². The molecule has 0 aromatic heterocycles. The fourth-order valence-corrected chi connectivity index (χ4v) is 1.81. The molecule has 4 nitrogen and oxygen atoms in total. The SMILES string of the molecule is COCC(=O)NC1CCNCC1(C)C. The van der Waals surface area contributed by atoms with E-state index in [-0.39, 0.29) is 24.0 Å². The third-order valence-corrected chi connectivity index (χ3v) is 2.74. The molecular weight excluding hydrogens is 180 g/mol. The Balaban J connectivity index is 2.45. The first-order chi connectivity index (χ1) is 6.56. The Morgan fingerprint density at radius 3 is 2.93 bits per heavy atom. The Hall–Kier alpha value is -0.610. The van der Waals surface area contributed by atoms with Gasteiger partial charge >= 0.3 is 0 Å². The first-order valence-corrected chi connectivity index (χ1v) is 5.05. The minimum absolute atomic E-state index is 0.0209. The zero-order chi connectivity index (χ0) is 10.6. The summed E-state index contributed by atoms with van der Waals surface area (Å²) in [5.74, 6) is -0.0209. The van der Waals surface area contributed by atoms with Gasteiger partial charge in [-0.2, -0.15) is 0 Å². The maximum Gasteiger partial charge on any atom is 0.246 e. The van der Waals surface area contributed by atoms with E-state index in [9.17, 15) is 4.79 Å². The molecule has 2 N–H and O–H groups in total. The molecule has 1 aliphatic rings. The van der Waals surface area contributed by atoms with Crippen molar-refractivity contribution in [2.45, 2.75) is 26.3 Å². The maximum atomic E-state index is 11.3. The monoisotopic (exact) mass is 200 g/mol. The summed E-state index contributed by atoms with van der Waals surface area (Å²) < 4.78 is 4.79. The smallest absolute Gasteiger partial charge is 0.246 e. The molecule has 14 heavy (non-hydrogen) atoms. The third kappa shape index (κ3) is 2.96. The van der Waals surface area contributed by atoms with E-state index < -0.39 is 0 Å². The average Bonchev–Trinajstić information content (AvgIpc) is 2.09. The summed E-state index contributed by atoms with van der Waals surface area (Å²) in [7, 11) is 1.53. The highest BCUT2D eigenvalue weighted by atomic mass is 16.5. The summed E-state index contributed by atoms with van der Waals surface area (Å²) in [6, 6.07) is 0.256. The van der Waals surface area contributed by atoms with Crippen LogP contribution in [0, 0.1) is 5.41 Å². The van der Waals surface area contributed by atoms with E-state index in [0.717, 1.165) is 19.5 Å². The molecule has 1 heterocycles. The molecule has 0 saturated carbocycles. The molecule has 0 radical (unpaired) electrons. The van der Waals surface area contributed by atoms with Crippen LogP contribution < -0.4 is 10.6 Å². The quantitative estimate of drug-likeness (QED) is 0.681. The highest BCUT2D eigenvalue weighted by Crippen LogP contribution is 2.24. The summed E-state index contributed by atoms with van der Waals surface area (Å²) in [5.41, 5.74) is 0.127. The van der Waals surface area contributed by atoms with Crippen LogP contribution in [0.2, 0.25) is 0 Å². The fraction of sp³-hybridized carbons (Fsp3) is 0.900. The van der Waals surface area contributed by atoms with Gasteiger partial charge in [0, 0.05) is 19.7 Å². The van der Waals surface area contributed by atoms with E-state index in [0.29, 0.717) is 0 Å². The molecule has 1 aliphatic heterocycles. The van der Waals surface area contributed by atoms with Crippen LogP contribution in [0.3, 0.4) is 0 Å². The van der Waals surface area contributed by atoms with Gasteiger partial charge in [0.05, 0.1) is 0 Å². The molecule has 1 atom stereocenters. The highest BCUT2D eigenvalue weighted by molar-refractivity contribution is 5.77. The second-order valence-electron chi connectivity index (χ2n) is 4.51. The molecule has 1 fully saturated rings. The number of carbonyl (C=O) groups is 1. The third-order valence-electron chi connectivity index (χ3n) is 2.74. The second-order valence-corrected chi connectivity index (χ2v) is 4.51. The number of hydrogen-bond acceptors (Lipinski definition) is 3. The van der Waals surface area contributed by atoms with Crippen molar-refractivity contribution in [3.63, 3.8) is 0 Å². The van der Waals surface area contributed by atoms with Gasteiger partial charge in [-0.15, -0.1) is 0 Å². The van der Waals surface area contributed by atoms with Crippen molar-refractivity contribution < 1.29 is 9.53 Å². The maximum absolute atomic E-state index is 11.3. The number of nitrogens with one attached hydrogen (secondary N) is 2. The first kappa shape index (κ1) is 11.5. The molecule has 0 aliphatic carbocycles. The molecule has 4 heteroatoms. The number of piperidine rings is 1. The lowest BCUT2D eigenvalue weighted by atomic mass is 9.80. The van der Waals surface area contributed by atoms with Gasteiger partial charge in [0.2, 0.25) is 5.91 Å². The number of rotatable bonds is 3. The van der Waals surface area contributed by atoms with E-state index in [4.69, 9.17) is 4.74 Å². The number of ether oxygens (including phenoxy) is 1. The Labute approximate surface area is 85.4 Å². The lowest BCUT2D eigenvalue weighted by Crippen LogP contribution is -2.54. The van der Waals surface area contributed by atoms with Gasteiger partial charge in [-0.3, -0.25) is 4.79 Å². The Kier molecular flexibility index (Phi) is 3.89. The summed E-state index contributed by atoms with van der Waals surface area (Å²) in [4.78, 5) is 11.3. The Morgan fingerprint density at radius 1 is 1.64 bits per heavy atom. The molecule has 1 saturated heterocycles. The standard InChI is InChI=1S/C10H20N2O2/c1-10(2)7-11-5-4-8(10)12-9(13)6-14-3/h8,11H,4-7H2,1-3H3,(H,12,13). The highest BCUT2D eigenvalue weighted by Gasteiger charge is 2.32. The average molecular weight is 200 g/mol. The molecule has 0 aromatic rings. The topological polar surface area (TPSA) is 50.4 Å². The van der Waals surface area contributed by atoms with E-state index in [1.165, 1.54) is 7.11 Å². The van der Waals surface area contributed by atoms with Crippen LogP contribution in [-0.4, -0.2) is 38.8 Å². The van der Waals surface area contributed by atoms with Crippen LogP contribution in [-0.2, 0) is 9.53 Å². The minimum Gasteiger partial charge on any atom is -0.375 e. The molecule has 1 amide bonds. The normalized spacial score (nSPS) is 25.8. The summed E-state index contributed by atoms with van der Waals surface area (Å²) >= 11 is 0. The molecule has 1 unspecified atom stereocenters. The lowest BCUT2D eigenvalue weighted by molar-refractivity contribution is -0.126. The van der Waals surface area contributed by atoms with Crippen molar-refractivity contribution in [2.24, 2.45) is 5.41 Å². The Bertz CT molecular complexity index is 204. The van der Waals surface area contributed by atoms with Crippen LogP contribution in [0.1, 0.15) is 20.3 Å². The van der Waals surface area contributed by atoms with Crippen molar-refractivity contribution in [1.82, 2.24) is 10.6 Å². The summed E-state index contributed by atoms with van der Waals surface area (Å²) in [6.45, 7) is 6.40. The van der Waals surface area contributed by atoms with E-state index >= 15 is 0 Å². The molecule has 82 valence electrons. The largest absolute Gasteiger partial charge is 0.375 e. The van der Waals surface area contributed by atoms with Crippen LogP contribution in [0.15, 0.2) is 0 Å². The van der Waals surface area contributed by atoms with Crippen molar-refractivity contribution in [2.75, 3.05) is 26.8 Å². The zero-order valence-electron chi connectivity index (χ0n) is 9.22. The first-order valence-electron chi connectivity index (χ1n) is 5.05. The van der Waals surface area contributed by atoms with E-state index in [1.807, 2.05) is 0 Å². The molecule has 0 aromatic carbocycles. The number of amides is 1. The lowest BCUT2D eigenvalue weighted by Gasteiger charge is -2.39. The number of carbonyl (C=O) groups excluding carboxylic acids is 1. The van der Waals surface area contributed by atoms with Crippen LogP contribution in [0.5, 0.6) is 0 Å². The second kappa shape index (κ2) is 4.75. The van der Waals surface area contributed by atoms with Crippen LogP contribution in [0.25, 0.3) is 0 Å². The summed E-state index contributed by atoms with van der Waals surface area (Å²) in [6.07, 6.45) is 0.989.